The molecule has 8 heteroatoms. The summed E-state index contributed by atoms with van der Waals surface area (Å²) in [6.07, 6.45) is 0.733. The zero-order valence-electron chi connectivity index (χ0n) is 17.1. The third-order valence-electron chi connectivity index (χ3n) is 4.45. The highest BCUT2D eigenvalue weighted by Crippen LogP contribution is 2.28. The number of aliphatic hydroxyl groups is 1. The first kappa shape index (κ1) is 22.9. The van der Waals surface area contributed by atoms with Gasteiger partial charge < -0.3 is 15.5 Å². The van der Waals surface area contributed by atoms with Crippen molar-refractivity contribution < 1.29 is 23.4 Å². The van der Waals surface area contributed by atoms with Crippen molar-refractivity contribution in [2.75, 3.05) is 17.5 Å². The molecule has 0 aliphatic rings. The second-order valence-corrected chi connectivity index (χ2v) is 9.61. The summed E-state index contributed by atoms with van der Waals surface area (Å²) in [7, 11) is -3.55. The molecular weight excluding hydrogens is 392 g/mol. The number of aliphatic hydroxyl groups excluding tert-OH is 1. The Bertz CT molecular complexity index is 986. The summed E-state index contributed by atoms with van der Waals surface area (Å²) in [6.45, 7) is 5.74. The summed E-state index contributed by atoms with van der Waals surface area (Å²) in [5.74, 6) is -0.205. The highest BCUT2D eigenvalue weighted by atomic mass is 32.2. The van der Waals surface area contributed by atoms with Crippen LogP contribution in [0, 0.1) is 0 Å². The molecular formula is C21H28N2O5S. The van der Waals surface area contributed by atoms with Gasteiger partial charge in [0.15, 0.2) is 5.78 Å². The number of anilines is 1. The lowest BCUT2D eigenvalue weighted by molar-refractivity contribution is 0.101. The van der Waals surface area contributed by atoms with Gasteiger partial charge in [-0.15, -0.1) is 0 Å². The van der Waals surface area contributed by atoms with Gasteiger partial charge in [-0.3, -0.25) is 9.52 Å². The van der Waals surface area contributed by atoms with Crippen LogP contribution in [0.25, 0.3) is 0 Å². The van der Waals surface area contributed by atoms with E-state index in [0.717, 1.165) is 11.8 Å². The van der Waals surface area contributed by atoms with E-state index in [-0.39, 0.29) is 29.3 Å². The molecule has 0 spiro atoms. The van der Waals surface area contributed by atoms with Gasteiger partial charge in [0.25, 0.3) is 0 Å². The lowest BCUT2D eigenvalue weighted by atomic mass is 9.93. The van der Waals surface area contributed by atoms with Gasteiger partial charge in [-0.05, 0) is 56.5 Å². The molecule has 7 nitrogen and oxygen atoms in total. The van der Waals surface area contributed by atoms with E-state index in [1.165, 1.54) is 19.1 Å². The molecule has 0 radical (unpaired) electrons. The van der Waals surface area contributed by atoms with Crippen LogP contribution >= 0.6 is 0 Å². The summed E-state index contributed by atoms with van der Waals surface area (Å²) >= 11 is 0. The normalized spacial score (nSPS) is 13.1. The van der Waals surface area contributed by atoms with E-state index in [9.17, 15) is 23.4 Å². The van der Waals surface area contributed by atoms with Crippen molar-refractivity contribution in [2.24, 2.45) is 0 Å². The van der Waals surface area contributed by atoms with Crippen LogP contribution in [0.2, 0.25) is 0 Å². The third-order valence-corrected chi connectivity index (χ3v) is 5.04. The molecule has 0 aromatic heterocycles. The maximum Gasteiger partial charge on any atom is 0.229 e. The maximum atomic E-state index is 11.6. The number of benzene rings is 2. The van der Waals surface area contributed by atoms with E-state index in [2.05, 4.69) is 10.0 Å². The number of rotatable bonds is 9. The Morgan fingerprint density at radius 2 is 1.86 bits per heavy atom. The summed E-state index contributed by atoms with van der Waals surface area (Å²) in [5.41, 5.74) is 1.80. The molecule has 0 heterocycles. The number of aromatic hydroxyl groups is 1. The molecule has 2 rings (SSSR count). The Kier molecular flexibility index (Phi) is 7.05. The van der Waals surface area contributed by atoms with Gasteiger partial charge in [0, 0.05) is 17.6 Å². The second-order valence-electron chi connectivity index (χ2n) is 7.86. The van der Waals surface area contributed by atoms with Crippen molar-refractivity contribution >= 4 is 21.5 Å². The fourth-order valence-electron chi connectivity index (χ4n) is 3.01. The lowest BCUT2D eigenvalue weighted by Gasteiger charge is -2.28. The maximum absolute atomic E-state index is 11.6. The van der Waals surface area contributed by atoms with E-state index in [0.29, 0.717) is 17.5 Å². The standard InChI is InChI=1S/C21H28N2O5S/c1-14(24)16-7-5-6-15(10-16)12-21(2,3)22-13-20(26)17-8-9-19(25)18(11-17)23-29(4,27)28/h5-11,20,22-23,25-26H,12-13H2,1-4H3/t20-/m0/s1. The number of phenolic OH excluding ortho intramolecular Hbond substituents is 1. The van der Waals surface area contributed by atoms with Crippen LogP contribution in [0.4, 0.5) is 5.69 Å². The number of β-amino-alcohol motifs (C(OH)–C–C–N with tert-alkyl or cyclic N) is 1. The van der Waals surface area contributed by atoms with E-state index < -0.39 is 16.1 Å². The molecule has 0 fully saturated rings. The van der Waals surface area contributed by atoms with Crippen LogP contribution in [0.1, 0.15) is 48.4 Å². The first-order valence-electron chi connectivity index (χ1n) is 9.20. The predicted octanol–water partition coefficient (Wildman–Crippen LogP) is 2.61. The Morgan fingerprint density at radius 3 is 2.48 bits per heavy atom. The van der Waals surface area contributed by atoms with Crippen molar-refractivity contribution in [3.8, 4) is 5.75 Å². The van der Waals surface area contributed by atoms with E-state index in [1.54, 1.807) is 12.1 Å². The first-order valence-corrected chi connectivity index (χ1v) is 11.1. The predicted molar refractivity (Wildman–Crippen MR) is 114 cm³/mol. The minimum absolute atomic E-state index is 0.0128. The van der Waals surface area contributed by atoms with Crippen LogP contribution in [-0.2, 0) is 16.4 Å². The largest absolute Gasteiger partial charge is 0.506 e. The first-order chi connectivity index (χ1) is 13.4. The molecule has 0 aliphatic carbocycles. The van der Waals surface area contributed by atoms with E-state index in [4.69, 9.17) is 0 Å². The molecule has 0 aliphatic heterocycles. The van der Waals surface area contributed by atoms with Crippen molar-refractivity contribution in [2.45, 2.75) is 38.8 Å². The lowest BCUT2D eigenvalue weighted by Crippen LogP contribution is -2.43. The number of hydrogen-bond acceptors (Lipinski definition) is 6. The molecule has 0 bridgehead atoms. The van der Waals surface area contributed by atoms with Gasteiger partial charge in [0.05, 0.1) is 18.0 Å². The van der Waals surface area contributed by atoms with Gasteiger partial charge >= 0.3 is 0 Å². The zero-order valence-corrected chi connectivity index (χ0v) is 17.9. The van der Waals surface area contributed by atoms with Crippen molar-refractivity contribution in [3.05, 3.63) is 59.2 Å². The fraction of sp³-hybridized carbons (Fsp3) is 0.381. The molecule has 1 atom stereocenters. The quantitative estimate of drug-likeness (QED) is 0.366. The topological polar surface area (TPSA) is 116 Å². The molecule has 2 aromatic rings. The number of Topliss-reactive ketones (excluding diaryl/α,β-unsaturated/α-hetero) is 1. The fourth-order valence-corrected chi connectivity index (χ4v) is 3.57. The molecule has 0 saturated carbocycles. The van der Waals surface area contributed by atoms with Crippen molar-refractivity contribution in [1.82, 2.24) is 5.32 Å². The molecule has 0 saturated heterocycles. The molecule has 4 N–H and O–H groups in total. The number of phenols is 1. The molecule has 158 valence electrons. The minimum atomic E-state index is -3.55. The van der Waals surface area contributed by atoms with Crippen molar-refractivity contribution in [1.29, 1.82) is 0 Å². The van der Waals surface area contributed by atoms with E-state index in [1.807, 2.05) is 32.0 Å². The summed E-state index contributed by atoms with van der Waals surface area (Å²) in [5, 5.41) is 23.6. The highest BCUT2D eigenvalue weighted by Gasteiger charge is 2.21. The molecule has 0 amide bonds. The summed E-state index contributed by atoms with van der Waals surface area (Å²) < 4.78 is 25.1. The Morgan fingerprint density at radius 1 is 1.17 bits per heavy atom. The Balaban J connectivity index is 2.05. The summed E-state index contributed by atoms with van der Waals surface area (Å²) in [4.78, 5) is 11.6. The van der Waals surface area contributed by atoms with Crippen LogP contribution in [-0.4, -0.2) is 42.8 Å². The number of hydrogen-bond donors (Lipinski definition) is 4. The van der Waals surface area contributed by atoms with Gasteiger partial charge in [0.1, 0.15) is 5.75 Å². The monoisotopic (exact) mass is 420 g/mol. The molecule has 29 heavy (non-hydrogen) atoms. The summed E-state index contributed by atoms with van der Waals surface area (Å²) in [6, 6.07) is 11.7. The van der Waals surface area contributed by atoms with Crippen LogP contribution < -0.4 is 10.0 Å². The number of carbonyl (C=O) groups excluding carboxylic acids is 1. The number of carbonyl (C=O) groups is 1. The van der Waals surface area contributed by atoms with Crippen LogP contribution in [0.15, 0.2) is 42.5 Å². The average Bonchev–Trinajstić information content (AvgIpc) is 2.60. The molecule has 2 aromatic carbocycles. The van der Waals surface area contributed by atoms with Crippen molar-refractivity contribution in [3.63, 3.8) is 0 Å². The zero-order chi connectivity index (χ0) is 21.8. The SMILES string of the molecule is CC(=O)c1cccc(CC(C)(C)NC[C@H](O)c2ccc(O)c(NS(C)(=O)=O)c2)c1. The average molecular weight is 421 g/mol. The van der Waals surface area contributed by atoms with Gasteiger partial charge in [-0.25, -0.2) is 8.42 Å². The van der Waals surface area contributed by atoms with Crippen LogP contribution in [0.5, 0.6) is 5.75 Å². The third kappa shape index (κ3) is 7.16. The Labute approximate surface area is 171 Å². The smallest absolute Gasteiger partial charge is 0.229 e. The Hall–Kier alpha value is -2.42. The van der Waals surface area contributed by atoms with Gasteiger partial charge in [-0.2, -0.15) is 0 Å². The molecule has 0 unspecified atom stereocenters. The minimum Gasteiger partial charge on any atom is -0.506 e. The van der Waals surface area contributed by atoms with Crippen LogP contribution in [0.3, 0.4) is 0 Å². The van der Waals surface area contributed by atoms with Gasteiger partial charge in [-0.1, -0.05) is 24.3 Å². The van der Waals surface area contributed by atoms with E-state index >= 15 is 0 Å². The number of sulfonamides is 1. The number of nitrogens with one attached hydrogen (secondary N) is 2. The second kappa shape index (κ2) is 8.94. The van der Waals surface area contributed by atoms with Gasteiger partial charge in [0.2, 0.25) is 10.0 Å². The number of ketones is 1. The highest BCUT2D eigenvalue weighted by molar-refractivity contribution is 7.92.